The van der Waals surface area contributed by atoms with Crippen molar-refractivity contribution in [2.24, 2.45) is 5.73 Å². The molecule has 2 aliphatic rings. The van der Waals surface area contributed by atoms with Gasteiger partial charge in [-0.15, -0.1) is 6.58 Å². The number of benzene rings is 2. The number of nitrogens with one attached hydrogen (secondary N) is 1. The molecule has 0 fully saturated rings. The molecular weight excluding hydrogens is 416 g/mol. The Hall–Kier alpha value is -2.84. The van der Waals surface area contributed by atoms with Crippen LogP contribution in [0.3, 0.4) is 0 Å². The number of fused-ring (bicyclic) bond motifs is 3. The number of aliphatic hydroxyl groups excluding tert-OH is 1. The van der Waals surface area contributed by atoms with Gasteiger partial charge in [0.05, 0.1) is 28.2 Å². The van der Waals surface area contributed by atoms with Crippen LogP contribution in [0.4, 0.5) is 5.69 Å². The molecule has 2 aromatic rings. The highest BCUT2D eigenvalue weighted by Gasteiger charge is 2.52. The number of primary amides is 1. The van der Waals surface area contributed by atoms with Crippen LogP contribution >= 0.6 is 0 Å². The number of amides is 1. The van der Waals surface area contributed by atoms with Crippen LogP contribution < -0.4 is 15.8 Å². The van der Waals surface area contributed by atoms with E-state index in [2.05, 4.69) is 11.9 Å². The number of carbonyl (C=O) groups excluding carboxylic acids is 1. The molecule has 2 aromatic carbocycles. The van der Waals surface area contributed by atoms with Gasteiger partial charge in [-0.1, -0.05) is 30.3 Å². The van der Waals surface area contributed by atoms with E-state index >= 15 is 0 Å². The molecular formula is C23H26N2O5S. The van der Waals surface area contributed by atoms with Gasteiger partial charge in [0.2, 0.25) is 5.91 Å². The zero-order chi connectivity index (χ0) is 22.2. The molecule has 8 heteroatoms. The molecule has 31 heavy (non-hydrogen) atoms. The van der Waals surface area contributed by atoms with Crippen LogP contribution in [0, 0.1) is 0 Å². The Morgan fingerprint density at radius 2 is 2.13 bits per heavy atom. The fraction of sp³-hybridized carbons (Fsp3) is 0.348. The highest BCUT2D eigenvalue weighted by molar-refractivity contribution is 7.92. The molecule has 1 heterocycles. The monoisotopic (exact) mass is 442 g/mol. The Morgan fingerprint density at radius 1 is 1.35 bits per heavy atom. The van der Waals surface area contributed by atoms with Crippen molar-refractivity contribution in [3.05, 3.63) is 71.8 Å². The molecule has 0 radical (unpaired) electrons. The van der Waals surface area contributed by atoms with Crippen LogP contribution in [0.5, 0.6) is 5.75 Å². The van der Waals surface area contributed by atoms with Crippen molar-refractivity contribution >= 4 is 21.4 Å². The Bertz CT molecular complexity index is 1130. The first-order valence-electron chi connectivity index (χ1n) is 10.2. The highest BCUT2D eigenvalue weighted by Crippen LogP contribution is 2.44. The van der Waals surface area contributed by atoms with Crippen LogP contribution in [-0.2, 0) is 21.7 Å². The van der Waals surface area contributed by atoms with Crippen molar-refractivity contribution in [3.63, 3.8) is 0 Å². The van der Waals surface area contributed by atoms with Crippen LogP contribution in [0.15, 0.2) is 55.1 Å². The second kappa shape index (κ2) is 8.01. The molecule has 0 saturated carbocycles. The molecule has 1 spiro atoms. The summed E-state index contributed by atoms with van der Waals surface area (Å²) < 4.78 is 33.0. The lowest BCUT2D eigenvalue weighted by atomic mass is 9.70. The van der Waals surface area contributed by atoms with Crippen LogP contribution in [0.1, 0.15) is 27.9 Å². The van der Waals surface area contributed by atoms with Crippen LogP contribution in [0.25, 0.3) is 0 Å². The van der Waals surface area contributed by atoms with E-state index in [9.17, 15) is 18.3 Å². The molecule has 4 rings (SSSR count). The van der Waals surface area contributed by atoms with E-state index < -0.39 is 32.5 Å². The first-order valence-corrected chi connectivity index (χ1v) is 11.9. The van der Waals surface area contributed by atoms with E-state index in [1.807, 2.05) is 24.3 Å². The number of ether oxygens (including phenoxy) is 1. The number of hydrogen-bond donors (Lipinski definition) is 3. The van der Waals surface area contributed by atoms with Crippen LogP contribution in [-0.4, -0.2) is 49.7 Å². The summed E-state index contributed by atoms with van der Waals surface area (Å²) >= 11 is 0. The third-order valence-corrected chi connectivity index (χ3v) is 8.66. The zero-order valence-corrected chi connectivity index (χ0v) is 17.9. The summed E-state index contributed by atoms with van der Waals surface area (Å²) in [6, 6.07) is 12.7. The van der Waals surface area contributed by atoms with Gasteiger partial charge in [-0.2, -0.15) is 0 Å². The normalized spacial score (nSPS) is 23.5. The van der Waals surface area contributed by atoms with Gasteiger partial charge in [-0.25, -0.2) is 8.42 Å². The highest BCUT2D eigenvalue weighted by atomic mass is 32.2. The van der Waals surface area contributed by atoms with Crippen molar-refractivity contribution in [1.29, 1.82) is 0 Å². The minimum Gasteiger partial charge on any atom is -0.490 e. The van der Waals surface area contributed by atoms with Crippen molar-refractivity contribution < 1.29 is 23.1 Å². The second-order valence-corrected chi connectivity index (χ2v) is 10.4. The zero-order valence-electron chi connectivity index (χ0n) is 17.1. The summed E-state index contributed by atoms with van der Waals surface area (Å²) in [5.41, 5.74) is 7.50. The Morgan fingerprint density at radius 3 is 2.87 bits per heavy atom. The van der Waals surface area contributed by atoms with E-state index in [0.29, 0.717) is 36.4 Å². The topological polar surface area (TPSA) is 119 Å². The average Bonchev–Trinajstić information content (AvgIpc) is 2.94. The quantitative estimate of drug-likeness (QED) is 0.608. The average molecular weight is 443 g/mol. The summed E-state index contributed by atoms with van der Waals surface area (Å²) in [7, 11) is -3.69. The van der Waals surface area contributed by atoms with E-state index in [0.717, 1.165) is 11.1 Å². The number of aliphatic hydroxyl groups is 1. The summed E-state index contributed by atoms with van der Waals surface area (Å²) in [6.07, 6.45) is 1.17. The predicted octanol–water partition coefficient (Wildman–Crippen LogP) is 1.80. The van der Waals surface area contributed by atoms with Crippen molar-refractivity contribution in [2.45, 2.75) is 29.6 Å². The lowest BCUT2D eigenvalue weighted by molar-refractivity contribution is 0.1000. The number of hydrogen-bond acceptors (Lipinski definition) is 6. The molecule has 164 valence electrons. The van der Waals surface area contributed by atoms with E-state index in [1.54, 1.807) is 18.2 Å². The summed E-state index contributed by atoms with van der Waals surface area (Å²) in [6.45, 7) is 3.95. The van der Waals surface area contributed by atoms with E-state index in [4.69, 9.17) is 10.5 Å². The van der Waals surface area contributed by atoms with Gasteiger partial charge in [-0.05, 0) is 42.2 Å². The molecule has 3 atom stereocenters. The van der Waals surface area contributed by atoms with Gasteiger partial charge < -0.3 is 20.9 Å². The van der Waals surface area contributed by atoms with Gasteiger partial charge >= 0.3 is 0 Å². The molecule has 1 aliphatic carbocycles. The molecule has 0 saturated heterocycles. The number of nitrogens with two attached hydrogens (primary N) is 1. The Balaban J connectivity index is 1.79. The van der Waals surface area contributed by atoms with E-state index in [-0.39, 0.29) is 12.4 Å². The maximum Gasteiger partial charge on any atom is 0.248 e. The third kappa shape index (κ3) is 3.81. The van der Waals surface area contributed by atoms with Crippen molar-refractivity contribution in [1.82, 2.24) is 0 Å². The largest absolute Gasteiger partial charge is 0.490 e. The van der Waals surface area contributed by atoms with Gasteiger partial charge in [0.25, 0.3) is 0 Å². The summed E-state index contributed by atoms with van der Waals surface area (Å²) in [5.74, 6) is -0.401. The predicted molar refractivity (Wildman–Crippen MR) is 119 cm³/mol. The molecule has 1 amide bonds. The smallest absolute Gasteiger partial charge is 0.248 e. The Labute approximate surface area is 181 Å². The second-order valence-electron chi connectivity index (χ2n) is 8.19. The number of anilines is 1. The standard InChI is InChI=1S/C23H26N2O5S/c1-2-17(26)12-31(28,29)21-10-8-15-5-3-4-6-18(15)23(21)13-25-19-11-16(22(24)27)7-9-20(19)30-14-23/h2-7,9,11,17,21,25-26H,1,8,10,12-14H2,(H2,24,27)/t17-,21?,23?/m0/s1. The lowest BCUT2D eigenvalue weighted by Crippen LogP contribution is -2.56. The summed E-state index contributed by atoms with van der Waals surface area (Å²) in [4.78, 5) is 11.6. The van der Waals surface area contributed by atoms with Gasteiger partial charge in [0.15, 0.2) is 9.84 Å². The molecule has 0 bridgehead atoms. The third-order valence-electron chi connectivity index (χ3n) is 6.30. The minimum absolute atomic E-state index is 0.147. The number of aryl methyl sites for hydroxylation is 1. The first kappa shape index (κ1) is 21.4. The fourth-order valence-electron chi connectivity index (χ4n) is 4.74. The molecule has 0 aromatic heterocycles. The molecule has 4 N–H and O–H groups in total. The number of rotatable bonds is 5. The van der Waals surface area contributed by atoms with Gasteiger partial charge in [-0.3, -0.25) is 4.79 Å². The Kier molecular flexibility index (Phi) is 5.53. The maximum atomic E-state index is 13.4. The molecule has 2 unspecified atom stereocenters. The minimum atomic E-state index is -3.69. The van der Waals surface area contributed by atoms with Crippen LogP contribution in [0.2, 0.25) is 0 Å². The van der Waals surface area contributed by atoms with Crippen molar-refractivity contribution in [3.8, 4) is 5.75 Å². The molecule has 7 nitrogen and oxygen atoms in total. The number of carbonyl (C=O) groups is 1. The van der Waals surface area contributed by atoms with Gasteiger partial charge in [0.1, 0.15) is 12.4 Å². The SMILES string of the molecule is C=C[C@H](O)CS(=O)(=O)C1CCc2ccccc2C12CNc1cc(C(N)=O)ccc1OC2. The fourth-order valence-corrected chi connectivity index (χ4v) is 7.03. The van der Waals surface area contributed by atoms with Gasteiger partial charge in [0, 0.05) is 12.1 Å². The first-order chi connectivity index (χ1) is 14.8. The maximum absolute atomic E-state index is 13.4. The number of sulfone groups is 1. The lowest BCUT2D eigenvalue weighted by Gasteiger charge is -2.44. The summed E-state index contributed by atoms with van der Waals surface area (Å²) in [5, 5.41) is 12.6. The van der Waals surface area contributed by atoms with Crippen molar-refractivity contribution in [2.75, 3.05) is 24.2 Å². The van der Waals surface area contributed by atoms with E-state index in [1.165, 1.54) is 6.08 Å². The molecule has 1 aliphatic heterocycles.